The number of aliphatic hydroxyl groups is 3. The standard InChI is InChI=1S/C9H10IN5O4.C9H11IN2O5/c10-4-2-15(9(18)12-8(4)17)7-1-5(13-14-11)6(3-16)19-7;10-4-2-12(9(16)11-8(4)15)7-1-5(14)6(3-13)17-7/h2,5-7,16H,1,3H2,(H,12,17,18);2,5-7,13-14H,1,3H2,(H,11,15,16)/t2*5-,6+,7+/m00/s1. The minimum absolute atomic E-state index is 0.202. The Labute approximate surface area is 227 Å². The van der Waals surface area contributed by atoms with Crippen molar-refractivity contribution in [2.24, 2.45) is 5.11 Å². The summed E-state index contributed by atoms with van der Waals surface area (Å²) in [5.41, 5.74) is 6.32. The fourth-order valence-corrected chi connectivity index (χ4v) is 4.51. The number of ether oxygens (including phenoxy) is 2. The van der Waals surface area contributed by atoms with Crippen molar-refractivity contribution in [1.29, 1.82) is 0 Å². The fourth-order valence-electron chi connectivity index (χ4n) is 3.64. The number of aromatic nitrogens is 4. The monoisotopic (exact) mass is 733 g/mol. The molecule has 0 unspecified atom stereocenters. The maximum Gasteiger partial charge on any atom is 0.330 e. The number of halogens is 2. The second-order valence-corrected chi connectivity index (χ2v) is 10.0. The summed E-state index contributed by atoms with van der Waals surface area (Å²) < 4.78 is 13.9. The molecule has 0 aromatic carbocycles. The van der Waals surface area contributed by atoms with Crippen molar-refractivity contribution >= 4 is 45.2 Å². The van der Waals surface area contributed by atoms with Crippen LogP contribution in [0.25, 0.3) is 10.4 Å². The minimum atomic E-state index is -0.818. The Morgan fingerprint density at radius 3 is 1.86 bits per heavy atom. The molecule has 2 aromatic heterocycles. The van der Waals surface area contributed by atoms with E-state index in [4.69, 9.17) is 25.2 Å². The van der Waals surface area contributed by atoms with Gasteiger partial charge in [-0.1, -0.05) is 5.11 Å². The molecule has 6 atom stereocenters. The summed E-state index contributed by atoms with van der Waals surface area (Å²) in [5, 5.41) is 31.2. The van der Waals surface area contributed by atoms with E-state index < -0.39 is 59.3 Å². The maximum atomic E-state index is 11.7. The molecule has 36 heavy (non-hydrogen) atoms. The first-order chi connectivity index (χ1) is 17.1. The van der Waals surface area contributed by atoms with E-state index in [-0.39, 0.29) is 26.1 Å². The van der Waals surface area contributed by atoms with Gasteiger partial charge in [0.2, 0.25) is 0 Å². The van der Waals surface area contributed by atoms with Gasteiger partial charge in [-0.05, 0) is 50.7 Å². The zero-order valence-corrected chi connectivity index (χ0v) is 22.5. The summed E-state index contributed by atoms with van der Waals surface area (Å²) in [4.78, 5) is 52.7. The summed E-state index contributed by atoms with van der Waals surface area (Å²) in [6, 6.07) is -0.545. The molecular formula is C18H21I2N7O9. The third-order valence-electron chi connectivity index (χ3n) is 5.44. The molecule has 0 radical (unpaired) electrons. The van der Waals surface area contributed by atoms with Crippen LogP contribution in [0.3, 0.4) is 0 Å². The number of nitrogens with one attached hydrogen (secondary N) is 2. The van der Waals surface area contributed by atoms with E-state index in [1.807, 2.05) is 0 Å². The molecule has 18 heteroatoms. The van der Waals surface area contributed by atoms with E-state index in [0.29, 0.717) is 7.14 Å². The van der Waals surface area contributed by atoms with Gasteiger partial charge in [-0.25, -0.2) is 9.59 Å². The second-order valence-electron chi connectivity index (χ2n) is 7.72. The van der Waals surface area contributed by atoms with E-state index in [9.17, 15) is 24.3 Å². The normalized spacial score (nSPS) is 27.2. The Balaban J connectivity index is 0.000000202. The van der Waals surface area contributed by atoms with Crippen LogP contribution in [0.5, 0.6) is 0 Å². The van der Waals surface area contributed by atoms with Crippen molar-refractivity contribution in [3.8, 4) is 0 Å². The minimum Gasteiger partial charge on any atom is -0.394 e. The third-order valence-corrected chi connectivity index (χ3v) is 6.97. The van der Waals surface area contributed by atoms with Gasteiger partial charge in [-0.15, -0.1) is 0 Å². The van der Waals surface area contributed by atoms with Crippen LogP contribution < -0.4 is 22.5 Å². The van der Waals surface area contributed by atoms with Crippen LogP contribution in [-0.2, 0) is 9.47 Å². The maximum absolute atomic E-state index is 11.7. The van der Waals surface area contributed by atoms with E-state index in [0.717, 1.165) is 0 Å². The Hall–Kier alpha value is -2.07. The summed E-state index contributed by atoms with van der Waals surface area (Å²) in [6.45, 7) is -0.623. The van der Waals surface area contributed by atoms with Gasteiger partial charge in [0.05, 0.1) is 38.6 Å². The number of azide groups is 1. The quantitative estimate of drug-likeness (QED) is 0.108. The summed E-state index contributed by atoms with van der Waals surface area (Å²) in [6.07, 6.45) is -0.302. The highest BCUT2D eigenvalue weighted by Crippen LogP contribution is 2.30. The molecule has 2 aromatic rings. The zero-order valence-electron chi connectivity index (χ0n) is 18.2. The number of aromatic amines is 2. The predicted molar refractivity (Wildman–Crippen MR) is 138 cm³/mol. The average molecular weight is 733 g/mol. The lowest BCUT2D eigenvalue weighted by Crippen LogP contribution is -2.33. The van der Waals surface area contributed by atoms with E-state index >= 15 is 0 Å². The molecule has 196 valence electrons. The van der Waals surface area contributed by atoms with Crippen molar-refractivity contribution in [3.05, 3.63) is 71.7 Å². The first-order valence-corrected chi connectivity index (χ1v) is 12.5. The van der Waals surface area contributed by atoms with Crippen LogP contribution in [0.1, 0.15) is 25.3 Å². The second kappa shape index (κ2) is 12.4. The van der Waals surface area contributed by atoms with Gasteiger partial charge in [0, 0.05) is 30.1 Å². The molecule has 0 amide bonds. The number of hydrogen-bond acceptors (Lipinski definition) is 10. The Morgan fingerprint density at radius 1 is 0.944 bits per heavy atom. The van der Waals surface area contributed by atoms with E-state index in [1.165, 1.54) is 21.5 Å². The molecule has 2 saturated heterocycles. The van der Waals surface area contributed by atoms with Crippen molar-refractivity contribution in [1.82, 2.24) is 19.1 Å². The van der Waals surface area contributed by atoms with Gasteiger partial charge in [0.1, 0.15) is 18.6 Å². The lowest BCUT2D eigenvalue weighted by Gasteiger charge is -2.14. The largest absolute Gasteiger partial charge is 0.394 e. The fraction of sp³-hybridized carbons (Fsp3) is 0.556. The van der Waals surface area contributed by atoms with Crippen LogP contribution in [0.4, 0.5) is 0 Å². The van der Waals surface area contributed by atoms with Gasteiger partial charge in [-0.2, -0.15) is 0 Å². The number of hydrogen-bond donors (Lipinski definition) is 5. The van der Waals surface area contributed by atoms with Gasteiger partial charge in [-0.3, -0.25) is 28.7 Å². The Kier molecular flexibility index (Phi) is 9.86. The molecule has 2 aliphatic heterocycles. The molecule has 4 rings (SSSR count). The number of rotatable bonds is 5. The van der Waals surface area contributed by atoms with Crippen molar-refractivity contribution in [2.45, 2.75) is 49.7 Å². The lowest BCUT2D eigenvalue weighted by molar-refractivity contribution is -0.0459. The average Bonchev–Trinajstić information content (AvgIpc) is 3.42. The topological polar surface area (TPSA) is 238 Å². The van der Waals surface area contributed by atoms with Crippen LogP contribution >= 0.6 is 45.2 Å². The molecule has 0 aliphatic carbocycles. The molecule has 0 spiro atoms. The Morgan fingerprint density at radius 2 is 1.42 bits per heavy atom. The summed E-state index contributed by atoms with van der Waals surface area (Å²) >= 11 is 3.60. The summed E-state index contributed by atoms with van der Waals surface area (Å²) in [5.74, 6) is 0. The SMILES string of the molecule is O=c1[nH]c(=O)n([C@H]2C[C@H](O)[C@@H](CO)O2)cc1I.[N-]=[N+]=N[C@H]1C[C@H](n2cc(I)c(=O)[nH]c2=O)O[C@@H]1CO. The van der Waals surface area contributed by atoms with Gasteiger partial charge in [0.25, 0.3) is 11.1 Å². The summed E-state index contributed by atoms with van der Waals surface area (Å²) in [7, 11) is 0. The first-order valence-electron chi connectivity index (χ1n) is 10.4. The van der Waals surface area contributed by atoms with E-state index in [1.54, 1.807) is 45.2 Å². The third kappa shape index (κ3) is 6.43. The highest BCUT2D eigenvalue weighted by Gasteiger charge is 2.36. The molecule has 2 aliphatic rings. The van der Waals surface area contributed by atoms with Crippen molar-refractivity contribution < 1.29 is 24.8 Å². The van der Waals surface area contributed by atoms with Crippen molar-refractivity contribution in [2.75, 3.05) is 13.2 Å². The van der Waals surface area contributed by atoms with Gasteiger partial charge >= 0.3 is 11.4 Å². The molecule has 0 bridgehead atoms. The smallest absolute Gasteiger partial charge is 0.330 e. The molecule has 16 nitrogen and oxygen atoms in total. The highest BCUT2D eigenvalue weighted by atomic mass is 127. The lowest BCUT2D eigenvalue weighted by atomic mass is 10.1. The first kappa shape index (κ1) is 28.5. The number of H-pyrrole nitrogens is 2. The molecular weight excluding hydrogens is 712 g/mol. The van der Waals surface area contributed by atoms with Gasteiger partial charge in [0.15, 0.2) is 0 Å². The molecule has 4 heterocycles. The Bertz CT molecular complexity index is 1370. The number of nitrogens with zero attached hydrogens (tertiary/aromatic N) is 5. The van der Waals surface area contributed by atoms with Crippen LogP contribution in [0, 0.1) is 7.14 Å². The van der Waals surface area contributed by atoms with Crippen molar-refractivity contribution in [3.63, 3.8) is 0 Å². The number of aliphatic hydroxyl groups excluding tert-OH is 3. The predicted octanol–water partition coefficient (Wildman–Crippen LogP) is -1.12. The molecule has 2 fully saturated rings. The van der Waals surface area contributed by atoms with Crippen LogP contribution in [-0.4, -0.2) is 72.0 Å². The molecule has 5 N–H and O–H groups in total. The van der Waals surface area contributed by atoms with Crippen LogP contribution in [0.15, 0.2) is 36.7 Å². The van der Waals surface area contributed by atoms with E-state index in [2.05, 4.69) is 20.0 Å². The zero-order chi connectivity index (χ0) is 26.6. The van der Waals surface area contributed by atoms with Crippen LogP contribution in [0.2, 0.25) is 0 Å². The molecule has 0 saturated carbocycles. The highest BCUT2D eigenvalue weighted by molar-refractivity contribution is 14.1. The van der Waals surface area contributed by atoms with Gasteiger partial charge < -0.3 is 24.8 Å².